The first-order chi connectivity index (χ1) is 9.67. The van der Waals surface area contributed by atoms with E-state index >= 15 is 0 Å². The summed E-state index contributed by atoms with van der Waals surface area (Å²) in [5.41, 5.74) is 0.741. The van der Waals surface area contributed by atoms with Crippen LogP contribution in [0.4, 0.5) is 5.69 Å². The van der Waals surface area contributed by atoms with Crippen LogP contribution in [0, 0.1) is 11.3 Å². The van der Waals surface area contributed by atoms with Gasteiger partial charge in [-0.15, -0.1) is 0 Å². The summed E-state index contributed by atoms with van der Waals surface area (Å²) in [4.78, 5) is 2.34. The molecule has 1 N–H and O–H groups in total. The molecule has 0 spiro atoms. The van der Waals surface area contributed by atoms with E-state index in [1.165, 1.54) is 24.9 Å². The molecule has 1 aromatic carbocycles. The molecule has 0 saturated heterocycles. The Morgan fingerprint density at radius 1 is 1.35 bits per heavy atom. The Morgan fingerprint density at radius 2 is 2.05 bits per heavy atom. The van der Waals surface area contributed by atoms with Gasteiger partial charge in [0, 0.05) is 24.8 Å². The number of nitrogens with zero attached hydrogens (tertiary/aromatic N) is 2. The van der Waals surface area contributed by atoms with Crippen LogP contribution >= 0.6 is 0 Å². The quantitative estimate of drug-likeness (QED) is 0.788. The number of para-hydroxylation sites is 1. The van der Waals surface area contributed by atoms with E-state index in [-0.39, 0.29) is 0 Å². The monoisotopic (exact) mass is 271 g/mol. The van der Waals surface area contributed by atoms with Crippen molar-refractivity contribution in [3.8, 4) is 6.07 Å². The van der Waals surface area contributed by atoms with E-state index in [1.54, 1.807) is 0 Å². The molecule has 0 heterocycles. The minimum atomic E-state index is -0.468. The summed E-state index contributed by atoms with van der Waals surface area (Å²) in [7, 11) is 0. The number of anilines is 1. The van der Waals surface area contributed by atoms with E-state index in [0.29, 0.717) is 6.04 Å². The van der Waals surface area contributed by atoms with Gasteiger partial charge in [-0.2, -0.15) is 5.26 Å². The first-order valence-electron chi connectivity index (χ1n) is 7.66. The van der Waals surface area contributed by atoms with E-state index in [0.717, 1.165) is 19.5 Å². The van der Waals surface area contributed by atoms with Crippen molar-refractivity contribution in [1.82, 2.24) is 5.32 Å². The van der Waals surface area contributed by atoms with Gasteiger partial charge in [0.2, 0.25) is 0 Å². The van der Waals surface area contributed by atoms with Crippen molar-refractivity contribution in [3.05, 3.63) is 30.3 Å². The van der Waals surface area contributed by atoms with Gasteiger partial charge in [-0.25, -0.2) is 0 Å². The van der Waals surface area contributed by atoms with Gasteiger partial charge in [0.15, 0.2) is 0 Å². The van der Waals surface area contributed by atoms with Crippen LogP contribution in [-0.4, -0.2) is 24.7 Å². The molecule has 0 aromatic heterocycles. The van der Waals surface area contributed by atoms with Crippen molar-refractivity contribution in [1.29, 1.82) is 5.26 Å². The van der Waals surface area contributed by atoms with Crippen LogP contribution in [0.25, 0.3) is 0 Å². The van der Waals surface area contributed by atoms with E-state index in [1.807, 2.05) is 13.0 Å². The topological polar surface area (TPSA) is 39.1 Å². The summed E-state index contributed by atoms with van der Waals surface area (Å²) < 4.78 is 0. The first-order valence-corrected chi connectivity index (χ1v) is 7.66. The molecule has 1 aliphatic carbocycles. The van der Waals surface area contributed by atoms with Gasteiger partial charge < -0.3 is 4.90 Å². The lowest BCUT2D eigenvalue weighted by Gasteiger charge is -2.33. The molecule has 1 aliphatic rings. The van der Waals surface area contributed by atoms with Crippen molar-refractivity contribution >= 4 is 5.69 Å². The lowest BCUT2D eigenvalue weighted by molar-refractivity contribution is 0.436. The van der Waals surface area contributed by atoms with E-state index in [4.69, 9.17) is 0 Å². The molecule has 1 saturated carbocycles. The second-order valence-electron chi connectivity index (χ2n) is 5.97. The van der Waals surface area contributed by atoms with Gasteiger partial charge in [0.05, 0.1) is 6.07 Å². The van der Waals surface area contributed by atoms with Crippen molar-refractivity contribution in [2.45, 2.75) is 51.1 Å². The van der Waals surface area contributed by atoms with Crippen molar-refractivity contribution < 1.29 is 0 Å². The third kappa shape index (κ3) is 4.25. The Morgan fingerprint density at radius 3 is 2.60 bits per heavy atom. The number of hydrogen-bond donors (Lipinski definition) is 1. The van der Waals surface area contributed by atoms with E-state index < -0.39 is 5.54 Å². The fraction of sp³-hybridized carbons (Fsp3) is 0.588. The smallest absolute Gasteiger partial charge is 0.121 e. The molecule has 3 nitrogen and oxygen atoms in total. The molecule has 1 unspecified atom stereocenters. The zero-order chi connectivity index (χ0) is 14.4. The Kier molecular flexibility index (Phi) is 5.03. The summed E-state index contributed by atoms with van der Waals surface area (Å²) in [5.74, 6) is 0. The molecule has 2 rings (SSSR count). The summed E-state index contributed by atoms with van der Waals surface area (Å²) in [6.07, 6.45) is 4.73. The van der Waals surface area contributed by atoms with Gasteiger partial charge in [-0.05, 0) is 38.3 Å². The molecule has 0 bridgehead atoms. The maximum absolute atomic E-state index is 9.54. The first kappa shape index (κ1) is 14.9. The second kappa shape index (κ2) is 6.76. The molecular weight excluding hydrogens is 246 g/mol. The molecule has 1 aromatic rings. The highest BCUT2D eigenvalue weighted by atomic mass is 15.2. The van der Waals surface area contributed by atoms with Crippen molar-refractivity contribution in [3.63, 3.8) is 0 Å². The third-order valence-electron chi connectivity index (χ3n) is 3.76. The van der Waals surface area contributed by atoms with E-state index in [9.17, 15) is 5.26 Å². The molecule has 0 aliphatic heterocycles. The fourth-order valence-electron chi connectivity index (χ4n) is 2.46. The van der Waals surface area contributed by atoms with Crippen LogP contribution in [0.5, 0.6) is 0 Å². The standard InChI is InChI=1S/C17H25N3/c1-3-4-12-20(16-8-6-5-7-9-16)14-17(2,13-18)19-15-10-11-15/h5-9,15,19H,3-4,10-12,14H2,1-2H3. The van der Waals surface area contributed by atoms with Crippen LogP contribution in [0.3, 0.4) is 0 Å². The second-order valence-corrected chi connectivity index (χ2v) is 5.97. The highest BCUT2D eigenvalue weighted by Gasteiger charge is 2.34. The van der Waals surface area contributed by atoms with Crippen LogP contribution in [0.1, 0.15) is 39.5 Å². The van der Waals surface area contributed by atoms with Gasteiger partial charge in [0.1, 0.15) is 5.54 Å². The molecule has 20 heavy (non-hydrogen) atoms. The van der Waals surface area contributed by atoms with Crippen LogP contribution < -0.4 is 10.2 Å². The van der Waals surface area contributed by atoms with Crippen molar-refractivity contribution in [2.24, 2.45) is 0 Å². The van der Waals surface area contributed by atoms with Gasteiger partial charge in [-0.3, -0.25) is 5.32 Å². The lowest BCUT2D eigenvalue weighted by Crippen LogP contribution is -2.51. The average molecular weight is 271 g/mol. The van der Waals surface area contributed by atoms with Gasteiger partial charge >= 0.3 is 0 Å². The molecule has 3 heteroatoms. The van der Waals surface area contributed by atoms with Crippen LogP contribution in [0.2, 0.25) is 0 Å². The van der Waals surface area contributed by atoms with Crippen molar-refractivity contribution in [2.75, 3.05) is 18.0 Å². The lowest BCUT2D eigenvalue weighted by atomic mass is 10.0. The number of unbranched alkanes of at least 4 members (excludes halogenated alkanes) is 1. The molecule has 1 fully saturated rings. The number of hydrogen-bond acceptors (Lipinski definition) is 3. The normalized spacial score (nSPS) is 17.2. The van der Waals surface area contributed by atoms with Gasteiger partial charge in [-0.1, -0.05) is 31.5 Å². The zero-order valence-electron chi connectivity index (χ0n) is 12.6. The predicted octanol–water partition coefficient (Wildman–Crippen LogP) is 3.33. The molecule has 0 radical (unpaired) electrons. The largest absolute Gasteiger partial charge is 0.369 e. The fourth-order valence-corrected chi connectivity index (χ4v) is 2.46. The average Bonchev–Trinajstić information content (AvgIpc) is 3.28. The minimum Gasteiger partial charge on any atom is -0.369 e. The third-order valence-corrected chi connectivity index (χ3v) is 3.76. The van der Waals surface area contributed by atoms with E-state index in [2.05, 4.69) is 47.5 Å². The summed E-state index contributed by atoms with van der Waals surface area (Å²) in [6, 6.07) is 13.4. The Balaban J connectivity index is 2.07. The maximum atomic E-state index is 9.54. The number of rotatable bonds is 8. The Labute approximate surface area is 122 Å². The van der Waals surface area contributed by atoms with Crippen LogP contribution in [-0.2, 0) is 0 Å². The van der Waals surface area contributed by atoms with Gasteiger partial charge in [0.25, 0.3) is 0 Å². The summed E-state index contributed by atoms with van der Waals surface area (Å²) in [6.45, 7) is 5.97. The zero-order valence-corrected chi connectivity index (χ0v) is 12.6. The summed E-state index contributed by atoms with van der Waals surface area (Å²) in [5, 5.41) is 13.0. The predicted molar refractivity (Wildman–Crippen MR) is 83.7 cm³/mol. The minimum absolute atomic E-state index is 0.468. The number of benzene rings is 1. The van der Waals surface area contributed by atoms with Crippen LogP contribution in [0.15, 0.2) is 30.3 Å². The molecule has 0 amide bonds. The number of nitrogens with one attached hydrogen (secondary N) is 1. The SMILES string of the molecule is CCCCN(CC(C)(C#N)NC1CC1)c1ccccc1. The molecule has 1 atom stereocenters. The number of nitriles is 1. The highest BCUT2D eigenvalue weighted by molar-refractivity contribution is 5.47. The maximum Gasteiger partial charge on any atom is 0.121 e. The Hall–Kier alpha value is -1.53. The summed E-state index contributed by atoms with van der Waals surface area (Å²) >= 11 is 0. The molecule has 108 valence electrons. The highest BCUT2D eigenvalue weighted by Crippen LogP contribution is 2.24. The molecular formula is C17H25N3. The Bertz CT molecular complexity index is 447.